The SMILES string of the molecule is Cc1ccsc1/C=N/Nc1cccc([N+](=O)[O-])c1. The zero-order valence-electron chi connectivity index (χ0n) is 9.66. The fourth-order valence-electron chi connectivity index (χ4n) is 1.37. The molecule has 0 unspecified atom stereocenters. The minimum atomic E-state index is -0.432. The van der Waals surface area contributed by atoms with Gasteiger partial charge in [0.15, 0.2) is 0 Å². The lowest BCUT2D eigenvalue weighted by Crippen LogP contribution is -1.92. The highest BCUT2D eigenvalue weighted by atomic mass is 32.1. The second-order valence-corrected chi connectivity index (χ2v) is 4.59. The van der Waals surface area contributed by atoms with Gasteiger partial charge >= 0.3 is 0 Å². The second kappa shape index (κ2) is 5.42. The van der Waals surface area contributed by atoms with Gasteiger partial charge in [-0.05, 0) is 30.0 Å². The number of nitro benzene ring substituents is 1. The molecule has 5 nitrogen and oxygen atoms in total. The number of hydrogen-bond acceptors (Lipinski definition) is 5. The third-order valence-electron chi connectivity index (χ3n) is 2.33. The molecule has 0 aliphatic rings. The first-order valence-electron chi connectivity index (χ1n) is 5.24. The van der Waals surface area contributed by atoms with Crippen molar-refractivity contribution in [3.05, 3.63) is 56.3 Å². The van der Waals surface area contributed by atoms with Gasteiger partial charge in [-0.2, -0.15) is 5.10 Å². The summed E-state index contributed by atoms with van der Waals surface area (Å²) in [6.45, 7) is 2.01. The van der Waals surface area contributed by atoms with Crippen LogP contribution in [0.2, 0.25) is 0 Å². The summed E-state index contributed by atoms with van der Waals surface area (Å²) in [7, 11) is 0. The van der Waals surface area contributed by atoms with Gasteiger partial charge in [-0.25, -0.2) is 0 Å². The van der Waals surface area contributed by atoms with Crippen LogP contribution in [0.5, 0.6) is 0 Å². The van der Waals surface area contributed by atoms with Crippen molar-refractivity contribution >= 4 is 28.9 Å². The number of hydrazone groups is 1. The summed E-state index contributed by atoms with van der Waals surface area (Å²) in [5.41, 5.74) is 4.57. The van der Waals surface area contributed by atoms with E-state index in [0.29, 0.717) is 5.69 Å². The number of aryl methyl sites for hydroxylation is 1. The van der Waals surface area contributed by atoms with Crippen LogP contribution >= 0.6 is 11.3 Å². The molecule has 0 bridgehead atoms. The molecule has 1 N–H and O–H groups in total. The zero-order valence-corrected chi connectivity index (χ0v) is 10.5. The van der Waals surface area contributed by atoms with Gasteiger partial charge in [-0.3, -0.25) is 15.5 Å². The number of rotatable bonds is 4. The Balaban J connectivity index is 2.06. The van der Waals surface area contributed by atoms with E-state index in [1.165, 1.54) is 12.1 Å². The van der Waals surface area contributed by atoms with Gasteiger partial charge in [-0.15, -0.1) is 11.3 Å². The Morgan fingerprint density at radius 1 is 1.44 bits per heavy atom. The Morgan fingerprint density at radius 3 is 2.94 bits per heavy atom. The fourth-order valence-corrected chi connectivity index (χ4v) is 2.16. The molecule has 1 aromatic heterocycles. The van der Waals surface area contributed by atoms with Crippen molar-refractivity contribution in [1.29, 1.82) is 0 Å². The Labute approximate surface area is 108 Å². The van der Waals surface area contributed by atoms with E-state index < -0.39 is 4.92 Å². The number of hydrogen-bond donors (Lipinski definition) is 1. The monoisotopic (exact) mass is 261 g/mol. The molecule has 0 amide bonds. The lowest BCUT2D eigenvalue weighted by Gasteiger charge is -1.99. The van der Waals surface area contributed by atoms with Gasteiger partial charge in [0.2, 0.25) is 0 Å². The van der Waals surface area contributed by atoms with Crippen molar-refractivity contribution < 1.29 is 4.92 Å². The first-order chi connectivity index (χ1) is 8.66. The maximum atomic E-state index is 10.6. The Bertz CT molecular complexity index is 593. The van der Waals surface area contributed by atoms with Crippen LogP contribution < -0.4 is 5.43 Å². The van der Waals surface area contributed by atoms with E-state index in [2.05, 4.69) is 10.5 Å². The molecule has 92 valence electrons. The minimum Gasteiger partial charge on any atom is -0.278 e. The zero-order chi connectivity index (χ0) is 13.0. The van der Waals surface area contributed by atoms with Crippen LogP contribution in [0.3, 0.4) is 0 Å². The van der Waals surface area contributed by atoms with Crippen LogP contribution in [0.4, 0.5) is 11.4 Å². The molecular weight excluding hydrogens is 250 g/mol. The van der Waals surface area contributed by atoms with E-state index in [4.69, 9.17) is 0 Å². The van der Waals surface area contributed by atoms with Crippen LogP contribution in [0.25, 0.3) is 0 Å². The molecule has 0 saturated heterocycles. The first-order valence-corrected chi connectivity index (χ1v) is 6.12. The normalized spacial score (nSPS) is 10.7. The number of anilines is 1. The average Bonchev–Trinajstić information content (AvgIpc) is 2.76. The van der Waals surface area contributed by atoms with E-state index in [-0.39, 0.29) is 5.69 Å². The first kappa shape index (κ1) is 12.3. The number of non-ortho nitro benzene ring substituents is 1. The Kier molecular flexibility index (Phi) is 3.69. The average molecular weight is 261 g/mol. The molecule has 1 heterocycles. The van der Waals surface area contributed by atoms with Gasteiger partial charge in [0.25, 0.3) is 5.69 Å². The summed E-state index contributed by atoms with van der Waals surface area (Å²) in [5, 5.41) is 16.6. The van der Waals surface area contributed by atoms with Gasteiger partial charge in [-0.1, -0.05) is 6.07 Å². The molecule has 0 fully saturated rings. The fraction of sp³-hybridized carbons (Fsp3) is 0.0833. The molecule has 2 aromatic rings. The van der Waals surface area contributed by atoms with Crippen LogP contribution in [0, 0.1) is 17.0 Å². The maximum absolute atomic E-state index is 10.6. The molecule has 6 heteroatoms. The van der Waals surface area contributed by atoms with E-state index in [0.717, 1.165) is 10.4 Å². The molecule has 0 aliphatic carbocycles. The Morgan fingerprint density at radius 2 is 2.28 bits per heavy atom. The van der Waals surface area contributed by atoms with Crippen LogP contribution in [0.15, 0.2) is 40.8 Å². The molecule has 1 aromatic carbocycles. The van der Waals surface area contributed by atoms with E-state index in [1.54, 1.807) is 29.7 Å². The molecular formula is C12H11N3O2S. The van der Waals surface area contributed by atoms with Crippen molar-refractivity contribution in [1.82, 2.24) is 0 Å². The van der Waals surface area contributed by atoms with Crippen molar-refractivity contribution in [3.8, 4) is 0 Å². The summed E-state index contributed by atoms with van der Waals surface area (Å²) < 4.78 is 0. The predicted octanol–water partition coefficient (Wildman–Crippen LogP) is 3.41. The quantitative estimate of drug-likeness (QED) is 0.521. The lowest BCUT2D eigenvalue weighted by molar-refractivity contribution is -0.384. The van der Waals surface area contributed by atoms with E-state index in [9.17, 15) is 10.1 Å². The highest BCUT2D eigenvalue weighted by Gasteiger charge is 2.04. The lowest BCUT2D eigenvalue weighted by atomic mass is 10.3. The molecule has 0 radical (unpaired) electrons. The smallest absolute Gasteiger partial charge is 0.271 e. The summed E-state index contributed by atoms with van der Waals surface area (Å²) in [6, 6.07) is 8.24. The second-order valence-electron chi connectivity index (χ2n) is 3.65. The summed E-state index contributed by atoms with van der Waals surface area (Å²) >= 11 is 1.60. The third kappa shape index (κ3) is 2.92. The molecule has 0 saturated carbocycles. The molecule has 0 aliphatic heterocycles. The minimum absolute atomic E-state index is 0.0440. The molecule has 0 spiro atoms. The number of benzene rings is 1. The van der Waals surface area contributed by atoms with E-state index >= 15 is 0 Å². The van der Waals surface area contributed by atoms with Crippen LogP contribution in [0.1, 0.15) is 10.4 Å². The van der Waals surface area contributed by atoms with Crippen molar-refractivity contribution in [2.24, 2.45) is 5.10 Å². The number of nitrogens with zero attached hydrogens (tertiary/aromatic N) is 2. The maximum Gasteiger partial charge on any atom is 0.271 e. The summed E-state index contributed by atoms with van der Waals surface area (Å²) in [5.74, 6) is 0. The number of nitro groups is 1. The van der Waals surface area contributed by atoms with Crippen LogP contribution in [-0.4, -0.2) is 11.1 Å². The van der Waals surface area contributed by atoms with Crippen molar-refractivity contribution in [3.63, 3.8) is 0 Å². The van der Waals surface area contributed by atoms with Crippen LogP contribution in [-0.2, 0) is 0 Å². The Hall–Kier alpha value is -2.21. The number of thiophene rings is 1. The molecule has 2 rings (SSSR count). The number of nitrogens with one attached hydrogen (secondary N) is 1. The van der Waals surface area contributed by atoms with Crippen molar-refractivity contribution in [2.45, 2.75) is 6.92 Å². The predicted molar refractivity (Wildman–Crippen MR) is 73.4 cm³/mol. The molecule has 18 heavy (non-hydrogen) atoms. The standard InChI is InChI=1S/C12H11N3O2S/c1-9-5-6-18-12(9)8-13-14-10-3-2-4-11(7-10)15(16)17/h2-8,14H,1H3/b13-8+. The van der Waals surface area contributed by atoms with Gasteiger partial charge < -0.3 is 0 Å². The third-order valence-corrected chi connectivity index (χ3v) is 3.29. The van der Waals surface area contributed by atoms with Crippen molar-refractivity contribution in [2.75, 3.05) is 5.43 Å². The largest absolute Gasteiger partial charge is 0.278 e. The van der Waals surface area contributed by atoms with E-state index in [1.807, 2.05) is 18.4 Å². The highest BCUT2D eigenvalue weighted by Crippen LogP contribution is 2.17. The molecule has 0 atom stereocenters. The summed E-state index contributed by atoms with van der Waals surface area (Å²) in [4.78, 5) is 11.2. The highest BCUT2D eigenvalue weighted by molar-refractivity contribution is 7.11. The van der Waals surface area contributed by atoms with Gasteiger partial charge in [0.1, 0.15) is 0 Å². The summed E-state index contributed by atoms with van der Waals surface area (Å²) in [6.07, 6.45) is 1.71. The van der Waals surface area contributed by atoms with Gasteiger partial charge in [0, 0.05) is 17.0 Å². The van der Waals surface area contributed by atoms with Gasteiger partial charge in [0.05, 0.1) is 16.8 Å². The topological polar surface area (TPSA) is 67.5 Å².